The Bertz CT molecular complexity index is 1250. The van der Waals surface area contributed by atoms with Crippen molar-refractivity contribution < 1.29 is 28.7 Å². The van der Waals surface area contributed by atoms with Crippen LogP contribution in [-0.2, 0) is 23.9 Å². The highest BCUT2D eigenvalue weighted by molar-refractivity contribution is 6.15. The number of esters is 1. The number of aryl methyl sites for hydroxylation is 2. The fraction of sp³-hybridized carbons (Fsp3) is 0.346. The Morgan fingerprint density at radius 3 is 2.42 bits per heavy atom. The topological polar surface area (TPSA) is 116 Å². The number of amides is 4. The lowest BCUT2D eigenvalue weighted by molar-refractivity contribution is -0.161. The molecule has 1 N–H and O–H groups in total. The van der Waals surface area contributed by atoms with Crippen LogP contribution >= 0.6 is 0 Å². The molecule has 0 radical (unpaired) electrons. The van der Waals surface area contributed by atoms with Crippen molar-refractivity contribution in [3.05, 3.63) is 59.2 Å². The first-order valence-corrected chi connectivity index (χ1v) is 11.6. The van der Waals surface area contributed by atoms with Gasteiger partial charge in [0.25, 0.3) is 11.8 Å². The zero-order chi connectivity index (χ0) is 26.2. The van der Waals surface area contributed by atoms with Crippen LogP contribution in [-0.4, -0.2) is 72.3 Å². The lowest BCUT2D eigenvalue weighted by atomic mass is 9.97. The van der Waals surface area contributed by atoms with Crippen molar-refractivity contribution in [2.24, 2.45) is 0 Å². The maximum absolute atomic E-state index is 13.3. The molecule has 2 heterocycles. The Morgan fingerprint density at radius 2 is 1.72 bits per heavy atom. The molecule has 0 aliphatic carbocycles. The highest BCUT2D eigenvalue weighted by Crippen LogP contribution is 2.44. The summed E-state index contributed by atoms with van der Waals surface area (Å²) in [7, 11) is 2.87. The van der Waals surface area contributed by atoms with Gasteiger partial charge in [0, 0.05) is 32.6 Å². The van der Waals surface area contributed by atoms with Gasteiger partial charge < -0.3 is 19.9 Å². The van der Waals surface area contributed by atoms with E-state index in [-0.39, 0.29) is 25.3 Å². The first-order valence-electron chi connectivity index (χ1n) is 11.6. The highest BCUT2D eigenvalue weighted by atomic mass is 16.5. The molecule has 1 atom stereocenters. The molecule has 1 unspecified atom stereocenters. The Hall–Kier alpha value is -4.21. The summed E-state index contributed by atoms with van der Waals surface area (Å²) in [5, 5.41) is 2.81. The van der Waals surface area contributed by atoms with E-state index in [1.54, 1.807) is 24.3 Å². The highest BCUT2D eigenvalue weighted by Gasteiger charge is 2.60. The molecule has 36 heavy (non-hydrogen) atoms. The summed E-state index contributed by atoms with van der Waals surface area (Å²) < 4.78 is 5.34. The molecule has 2 aromatic carbocycles. The van der Waals surface area contributed by atoms with Crippen molar-refractivity contribution in [2.75, 3.05) is 37.5 Å². The first kappa shape index (κ1) is 24.9. The van der Waals surface area contributed by atoms with Gasteiger partial charge in [-0.1, -0.05) is 30.3 Å². The number of ether oxygens (including phenoxy) is 1. The van der Waals surface area contributed by atoms with E-state index in [2.05, 4.69) is 5.32 Å². The monoisotopic (exact) mass is 492 g/mol. The Balaban J connectivity index is 1.43. The zero-order valence-corrected chi connectivity index (χ0v) is 20.7. The van der Waals surface area contributed by atoms with Crippen molar-refractivity contribution in [1.29, 1.82) is 0 Å². The predicted molar refractivity (Wildman–Crippen MR) is 131 cm³/mol. The summed E-state index contributed by atoms with van der Waals surface area (Å²) in [5.74, 6) is -2.60. The van der Waals surface area contributed by atoms with Crippen LogP contribution in [0.15, 0.2) is 42.5 Å². The summed E-state index contributed by atoms with van der Waals surface area (Å²) >= 11 is 0. The van der Waals surface area contributed by atoms with Crippen molar-refractivity contribution in [2.45, 2.75) is 32.4 Å². The first-order chi connectivity index (χ1) is 17.1. The fourth-order valence-electron chi connectivity index (χ4n) is 4.74. The summed E-state index contributed by atoms with van der Waals surface area (Å²) in [6.45, 7) is 2.86. The van der Waals surface area contributed by atoms with E-state index in [0.717, 1.165) is 16.0 Å². The van der Waals surface area contributed by atoms with E-state index < -0.39 is 36.0 Å². The number of para-hydroxylation sites is 2. The van der Waals surface area contributed by atoms with Crippen LogP contribution in [0.2, 0.25) is 0 Å². The average molecular weight is 493 g/mol. The largest absolute Gasteiger partial charge is 0.452 e. The minimum atomic E-state index is -1.67. The fourth-order valence-corrected chi connectivity index (χ4v) is 4.74. The molecule has 4 rings (SSSR count). The minimum absolute atomic E-state index is 0.0451. The molecule has 2 aliphatic heterocycles. The number of anilines is 2. The number of hydrogen-bond acceptors (Lipinski definition) is 6. The van der Waals surface area contributed by atoms with E-state index in [4.69, 9.17) is 4.74 Å². The van der Waals surface area contributed by atoms with Gasteiger partial charge in [0.05, 0.1) is 17.8 Å². The van der Waals surface area contributed by atoms with E-state index in [1.165, 1.54) is 23.9 Å². The maximum atomic E-state index is 13.3. The zero-order valence-electron chi connectivity index (χ0n) is 20.7. The lowest BCUT2D eigenvalue weighted by Crippen LogP contribution is -2.67. The molecule has 10 nitrogen and oxygen atoms in total. The molecule has 0 aromatic heterocycles. The lowest BCUT2D eigenvalue weighted by Gasteiger charge is -2.46. The molecule has 0 saturated carbocycles. The van der Waals surface area contributed by atoms with Crippen molar-refractivity contribution >= 4 is 41.0 Å². The number of carbonyl (C=O) groups is 5. The number of nitrogens with one attached hydrogen (secondary N) is 1. The smallest absolute Gasteiger partial charge is 0.354 e. The Labute approximate surface area is 208 Å². The second-order valence-corrected chi connectivity index (χ2v) is 9.07. The summed E-state index contributed by atoms with van der Waals surface area (Å²) in [4.78, 5) is 67.9. The standard InChI is InChI=1S/C26H28N4O6/c1-16-8-7-9-17(2)23(16)27-20(31)14-28(3)22(33)15-36-25(35)26-13-12-21(32)30(26)19-11-6-5-10-18(19)24(34)29(26)4/h5-11H,12-15H2,1-4H3,(H,27,31). The van der Waals surface area contributed by atoms with Crippen LogP contribution < -0.4 is 10.2 Å². The average Bonchev–Trinajstić information content (AvgIpc) is 3.21. The van der Waals surface area contributed by atoms with Gasteiger partial charge in [0.2, 0.25) is 17.5 Å². The van der Waals surface area contributed by atoms with Crippen molar-refractivity contribution in [3.63, 3.8) is 0 Å². The Kier molecular flexibility index (Phi) is 6.53. The van der Waals surface area contributed by atoms with Gasteiger partial charge in [-0.25, -0.2) is 4.79 Å². The van der Waals surface area contributed by atoms with E-state index in [1.807, 2.05) is 32.0 Å². The van der Waals surface area contributed by atoms with Gasteiger partial charge in [0.1, 0.15) is 0 Å². The van der Waals surface area contributed by atoms with E-state index in [0.29, 0.717) is 16.9 Å². The number of carbonyl (C=O) groups excluding carboxylic acids is 5. The second-order valence-electron chi connectivity index (χ2n) is 9.07. The van der Waals surface area contributed by atoms with Gasteiger partial charge in [-0.05, 0) is 37.1 Å². The van der Waals surface area contributed by atoms with Crippen molar-refractivity contribution in [1.82, 2.24) is 9.80 Å². The number of rotatable bonds is 6. The predicted octanol–water partition coefficient (Wildman–Crippen LogP) is 1.85. The van der Waals surface area contributed by atoms with Gasteiger partial charge in [-0.2, -0.15) is 0 Å². The molecule has 1 saturated heterocycles. The van der Waals surface area contributed by atoms with Crippen LogP contribution in [0.1, 0.15) is 34.3 Å². The summed E-state index contributed by atoms with van der Waals surface area (Å²) in [6.07, 6.45) is 0.0941. The number of hydrogen-bond donors (Lipinski definition) is 1. The SMILES string of the molecule is Cc1cccc(C)c1NC(=O)CN(C)C(=O)COC(=O)C12CCC(=O)N1c1ccccc1C(=O)N2C. The quantitative estimate of drug-likeness (QED) is 0.616. The molecule has 1 fully saturated rings. The van der Waals surface area contributed by atoms with Crippen LogP contribution in [0, 0.1) is 13.8 Å². The van der Waals surface area contributed by atoms with Crippen LogP contribution in [0.3, 0.4) is 0 Å². The number of likely N-dealkylation sites (N-methyl/N-ethyl adjacent to an activating group) is 2. The number of fused-ring (bicyclic) bond motifs is 3. The molecule has 188 valence electrons. The van der Waals surface area contributed by atoms with Crippen LogP contribution in [0.25, 0.3) is 0 Å². The molecule has 10 heteroatoms. The van der Waals surface area contributed by atoms with Gasteiger partial charge in [-0.3, -0.25) is 24.1 Å². The third-order valence-corrected chi connectivity index (χ3v) is 6.75. The third-order valence-electron chi connectivity index (χ3n) is 6.75. The number of nitrogens with zero attached hydrogens (tertiary/aromatic N) is 3. The van der Waals surface area contributed by atoms with E-state index in [9.17, 15) is 24.0 Å². The third kappa shape index (κ3) is 4.08. The maximum Gasteiger partial charge on any atom is 0.354 e. The van der Waals surface area contributed by atoms with Crippen molar-refractivity contribution in [3.8, 4) is 0 Å². The molecule has 2 aliphatic rings. The van der Waals surface area contributed by atoms with Crippen LogP contribution in [0.5, 0.6) is 0 Å². The summed E-state index contributed by atoms with van der Waals surface area (Å²) in [6, 6.07) is 12.2. The molecule has 4 amide bonds. The van der Waals surface area contributed by atoms with E-state index >= 15 is 0 Å². The van der Waals surface area contributed by atoms with Gasteiger partial charge in [0.15, 0.2) is 6.61 Å². The van der Waals surface area contributed by atoms with Gasteiger partial charge in [-0.15, -0.1) is 0 Å². The molecular formula is C26H28N4O6. The molecular weight excluding hydrogens is 464 g/mol. The molecule has 2 aromatic rings. The molecule has 0 spiro atoms. The van der Waals surface area contributed by atoms with Gasteiger partial charge >= 0.3 is 5.97 Å². The van der Waals surface area contributed by atoms with Crippen LogP contribution in [0.4, 0.5) is 11.4 Å². The normalized spacial score (nSPS) is 18.4. The Morgan fingerprint density at radius 1 is 1.06 bits per heavy atom. The number of benzene rings is 2. The molecule has 0 bridgehead atoms. The second kappa shape index (κ2) is 9.44. The minimum Gasteiger partial charge on any atom is -0.452 e. The summed E-state index contributed by atoms with van der Waals surface area (Å²) in [5.41, 5.74) is 1.46.